The van der Waals surface area contributed by atoms with Crippen LogP contribution in [0.5, 0.6) is 5.75 Å². The van der Waals surface area contributed by atoms with E-state index in [1.807, 2.05) is 6.92 Å². The first-order valence-electron chi connectivity index (χ1n) is 7.91. The summed E-state index contributed by atoms with van der Waals surface area (Å²) in [5, 5.41) is 0. The predicted octanol–water partition coefficient (Wildman–Crippen LogP) is 2.73. The van der Waals surface area contributed by atoms with Gasteiger partial charge in [0.2, 0.25) is 10.0 Å². The minimum Gasteiger partial charge on any atom is -0.494 e. The third-order valence-electron chi connectivity index (χ3n) is 4.18. The van der Waals surface area contributed by atoms with E-state index in [2.05, 4.69) is 0 Å². The van der Waals surface area contributed by atoms with Gasteiger partial charge in [0.05, 0.1) is 24.7 Å². The van der Waals surface area contributed by atoms with Crippen molar-refractivity contribution in [1.29, 1.82) is 0 Å². The molecule has 25 heavy (non-hydrogen) atoms. The highest BCUT2D eigenvalue weighted by atomic mass is 32.2. The quantitative estimate of drug-likeness (QED) is 0.790. The van der Waals surface area contributed by atoms with Gasteiger partial charge < -0.3 is 9.47 Å². The van der Waals surface area contributed by atoms with Crippen molar-refractivity contribution < 1.29 is 22.3 Å². The molecule has 0 saturated carbocycles. The number of hydrogen-bond donors (Lipinski definition) is 0. The number of ether oxygens (including phenoxy) is 2. The fourth-order valence-electron chi connectivity index (χ4n) is 2.58. The summed E-state index contributed by atoms with van der Waals surface area (Å²) in [5.74, 6) is -0.261. The van der Waals surface area contributed by atoms with E-state index >= 15 is 0 Å². The zero-order valence-corrected chi connectivity index (χ0v) is 14.9. The lowest BCUT2D eigenvalue weighted by Crippen LogP contribution is -2.54. The van der Waals surface area contributed by atoms with Crippen molar-refractivity contribution >= 4 is 10.0 Å². The van der Waals surface area contributed by atoms with Gasteiger partial charge >= 0.3 is 0 Å². The number of hydrogen-bond acceptors (Lipinski definition) is 4. The number of methoxy groups -OCH3 is 1. The largest absolute Gasteiger partial charge is 0.494 e. The molecule has 0 aromatic heterocycles. The van der Waals surface area contributed by atoms with Gasteiger partial charge in [0.1, 0.15) is 0 Å². The lowest BCUT2D eigenvalue weighted by atomic mass is 10.2. The molecule has 134 valence electrons. The molecule has 0 unspecified atom stereocenters. The summed E-state index contributed by atoms with van der Waals surface area (Å²) in [4.78, 5) is 0.286. The van der Waals surface area contributed by atoms with Crippen LogP contribution in [-0.2, 0) is 21.4 Å². The third kappa shape index (κ3) is 3.84. The van der Waals surface area contributed by atoms with E-state index < -0.39 is 15.8 Å². The second-order valence-corrected chi connectivity index (χ2v) is 7.97. The van der Waals surface area contributed by atoms with Gasteiger partial charge in [-0.1, -0.05) is 23.8 Å². The summed E-state index contributed by atoms with van der Waals surface area (Å²) in [6.07, 6.45) is -0.189. The molecule has 1 heterocycles. The van der Waals surface area contributed by atoms with Crippen molar-refractivity contribution in [2.45, 2.75) is 24.5 Å². The Morgan fingerprint density at radius 1 is 1.16 bits per heavy atom. The minimum absolute atomic E-state index is 0.183. The summed E-state index contributed by atoms with van der Waals surface area (Å²) in [6.45, 7) is 2.74. The molecule has 3 rings (SSSR count). The summed E-state index contributed by atoms with van der Waals surface area (Å²) in [6, 6.07) is 11.4. The number of halogens is 1. The van der Waals surface area contributed by atoms with Crippen LogP contribution in [0.1, 0.15) is 11.1 Å². The van der Waals surface area contributed by atoms with Gasteiger partial charge in [0.15, 0.2) is 11.6 Å². The van der Waals surface area contributed by atoms with Gasteiger partial charge in [-0.05, 0) is 36.8 Å². The number of sulfonamides is 1. The molecule has 7 heteroatoms. The van der Waals surface area contributed by atoms with Gasteiger partial charge in [-0.15, -0.1) is 0 Å². The summed E-state index contributed by atoms with van der Waals surface area (Å²) in [5.41, 5.74) is 1.69. The fraction of sp³-hybridized carbons (Fsp3) is 0.333. The molecule has 0 bridgehead atoms. The topological polar surface area (TPSA) is 55.8 Å². The van der Waals surface area contributed by atoms with Crippen molar-refractivity contribution in [2.75, 3.05) is 20.2 Å². The number of aryl methyl sites for hydroxylation is 1. The molecular weight excluding hydrogens is 345 g/mol. The van der Waals surface area contributed by atoms with Crippen molar-refractivity contribution in [2.24, 2.45) is 0 Å². The van der Waals surface area contributed by atoms with Crippen LogP contribution in [0, 0.1) is 12.7 Å². The predicted molar refractivity (Wildman–Crippen MR) is 91.5 cm³/mol. The molecule has 0 radical (unpaired) electrons. The van der Waals surface area contributed by atoms with Crippen LogP contribution in [0.25, 0.3) is 0 Å². The first kappa shape index (κ1) is 17.8. The number of rotatable bonds is 6. The normalized spacial score (nSPS) is 15.8. The highest BCUT2D eigenvalue weighted by molar-refractivity contribution is 7.89. The second-order valence-electron chi connectivity index (χ2n) is 6.04. The molecule has 1 saturated heterocycles. The van der Waals surface area contributed by atoms with Crippen LogP contribution >= 0.6 is 0 Å². The van der Waals surface area contributed by atoms with Gasteiger partial charge in [-0.25, -0.2) is 12.8 Å². The molecular formula is C18H20FNO4S. The molecule has 2 aromatic rings. The molecule has 0 atom stereocenters. The first-order chi connectivity index (χ1) is 11.9. The minimum atomic E-state index is -3.47. The van der Waals surface area contributed by atoms with Gasteiger partial charge in [-0.2, -0.15) is 4.31 Å². The van der Waals surface area contributed by atoms with Crippen molar-refractivity contribution in [1.82, 2.24) is 4.31 Å². The van der Waals surface area contributed by atoms with E-state index in [4.69, 9.17) is 9.47 Å². The Morgan fingerprint density at radius 2 is 1.84 bits per heavy atom. The molecule has 1 aliphatic rings. The van der Waals surface area contributed by atoms with Crippen molar-refractivity contribution in [3.05, 3.63) is 59.4 Å². The molecule has 0 amide bonds. The Balaban J connectivity index is 1.54. The Bertz CT molecular complexity index is 846. The molecule has 0 spiro atoms. The lowest BCUT2D eigenvalue weighted by molar-refractivity contribution is -0.0296. The molecule has 0 aliphatic carbocycles. The van der Waals surface area contributed by atoms with Crippen LogP contribution in [0.3, 0.4) is 0 Å². The standard InChI is InChI=1S/C18H20FNO4S/c1-13-3-6-16(7-4-13)25(21,22)20-10-15(11-20)24-12-14-5-8-18(23-2)17(19)9-14/h3-9,15H,10-12H2,1-2H3. The number of benzene rings is 2. The first-order valence-corrected chi connectivity index (χ1v) is 9.35. The Morgan fingerprint density at radius 3 is 2.44 bits per heavy atom. The van der Waals surface area contributed by atoms with E-state index in [1.165, 1.54) is 17.5 Å². The molecule has 1 aliphatic heterocycles. The van der Waals surface area contributed by atoms with Crippen LogP contribution in [0.4, 0.5) is 4.39 Å². The smallest absolute Gasteiger partial charge is 0.243 e. The lowest BCUT2D eigenvalue weighted by Gasteiger charge is -2.37. The Labute approximate surface area is 147 Å². The van der Waals surface area contributed by atoms with E-state index in [0.29, 0.717) is 18.7 Å². The fourth-order valence-corrected chi connectivity index (χ4v) is 4.08. The second kappa shape index (κ2) is 7.11. The SMILES string of the molecule is COc1ccc(COC2CN(S(=O)(=O)c3ccc(C)cc3)C2)cc1F. The maximum atomic E-state index is 13.6. The van der Waals surface area contributed by atoms with E-state index in [0.717, 1.165) is 5.56 Å². The number of nitrogens with zero attached hydrogens (tertiary/aromatic N) is 1. The van der Waals surface area contributed by atoms with Gasteiger partial charge in [0.25, 0.3) is 0 Å². The molecule has 2 aromatic carbocycles. The monoisotopic (exact) mass is 365 g/mol. The van der Waals surface area contributed by atoms with E-state index in [1.54, 1.807) is 36.4 Å². The zero-order valence-electron chi connectivity index (χ0n) is 14.1. The zero-order chi connectivity index (χ0) is 18.0. The Kier molecular flexibility index (Phi) is 5.08. The van der Waals surface area contributed by atoms with Crippen molar-refractivity contribution in [3.63, 3.8) is 0 Å². The summed E-state index contributed by atoms with van der Waals surface area (Å²) in [7, 11) is -2.07. The maximum absolute atomic E-state index is 13.6. The van der Waals surface area contributed by atoms with Crippen LogP contribution < -0.4 is 4.74 Å². The van der Waals surface area contributed by atoms with Crippen molar-refractivity contribution in [3.8, 4) is 5.75 Å². The van der Waals surface area contributed by atoms with E-state index in [9.17, 15) is 12.8 Å². The Hall–Kier alpha value is -1.96. The molecule has 5 nitrogen and oxygen atoms in total. The summed E-state index contributed by atoms with van der Waals surface area (Å²) >= 11 is 0. The van der Waals surface area contributed by atoms with Crippen LogP contribution in [0.15, 0.2) is 47.4 Å². The van der Waals surface area contributed by atoms with Crippen LogP contribution in [0.2, 0.25) is 0 Å². The molecule has 0 N–H and O–H groups in total. The third-order valence-corrected chi connectivity index (χ3v) is 6.02. The maximum Gasteiger partial charge on any atom is 0.243 e. The highest BCUT2D eigenvalue weighted by Crippen LogP contribution is 2.24. The van der Waals surface area contributed by atoms with Crippen LogP contribution in [-0.4, -0.2) is 39.0 Å². The average molecular weight is 365 g/mol. The molecule has 1 fully saturated rings. The summed E-state index contributed by atoms with van der Waals surface area (Å²) < 4.78 is 50.5. The van der Waals surface area contributed by atoms with Gasteiger partial charge in [0, 0.05) is 13.1 Å². The van der Waals surface area contributed by atoms with E-state index in [-0.39, 0.29) is 23.4 Å². The average Bonchev–Trinajstić information content (AvgIpc) is 2.53. The highest BCUT2D eigenvalue weighted by Gasteiger charge is 2.37. The van der Waals surface area contributed by atoms with Gasteiger partial charge in [-0.3, -0.25) is 0 Å².